The van der Waals surface area contributed by atoms with E-state index in [1.54, 1.807) is 40.5 Å². The molecule has 2 atom stereocenters. The van der Waals surface area contributed by atoms with Gasteiger partial charge in [-0.3, -0.25) is 9.59 Å². The smallest absolute Gasteiger partial charge is 0.290 e. The van der Waals surface area contributed by atoms with Crippen molar-refractivity contribution in [2.75, 3.05) is 32.8 Å². The van der Waals surface area contributed by atoms with E-state index in [9.17, 15) is 14.0 Å². The van der Waals surface area contributed by atoms with Crippen LogP contribution in [0.2, 0.25) is 0 Å². The normalized spacial score (nSPS) is 19.4. The molecule has 9 heteroatoms. The van der Waals surface area contributed by atoms with Crippen LogP contribution < -0.4 is 4.74 Å². The lowest BCUT2D eigenvalue weighted by atomic mass is 10.0. The Morgan fingerprint density at radius 3 is 2.80 bits per heavy atom. The third kappa shape index (κ3) is 5.41. The molecule has 1 fully saturated rings. The lowest BCUT2D eigenvalue weighted by Gasteiger charge is -2.37. The molecular formula is C26H27FN2O5S. The minimum atomic E-state index is -0.334. The summed E-state index contributed by atoms with van der Waals surface area (Å²) < 4.78 is 30.3. The number of hydrogen-bond acceptors (Lipinski definition) is 6. The molecule has 4 heterocycles. The molecule has 0 spiro atoms. The van der Waals surface area contributed by atoms with Crippen molar-refractivity contribution in [3.8, 4) is 5.75 Å². The van der Waals surface area contributed by atoms with Crippen LogP contribution in [0.25, 0.3) is 0 Å². The lowest BCUT2D eigenvalue weighted by molar-refractivity contribution is -0.135. The zero-order valence-electron chi connectivity index (χ0n) is 19.2. The molecule has 2 aromatic heterocycles. The van der Waals surface area contributed by atoms with Crippen molar-refractivity contribution in [1.29, 1.82) is 0 Å². The zero-order valence-corrected chi connectivity index (χ0v) is 20.0. The molecule has 3 aromatic rings. The summed E-state index contributed by atoms with van der Waals surface area (Å²) in [5, 5.41) is 2.02. The van der Waals surface area contributed by atoms with E-state index >= 15 is 0 Å². The van der Waals surface area contributed by atoms with Crippen LogP contribution in [0.4, 0.5) is 4.39 Å². The average molecular weight is 499 g/mol. The summed E-state index contributed by atoms with van der Waals surface area (Å²) in [6.45, 7) is 1.69. The van der Waals surface area contributed by atoms with E-state index in [0.717, 1.165) is 24.8 Å². The summed E-state index contributed by atoms with van der Waals surface area (Å²) in [7, 11) is 0. The summed E-state index contributed by atoms with van der Waals surface area (Å²) in [6, 6.07) is 10.8. The number of nitrogens with zero attached hydrogens (tertiary/aromatic N) is 2. The predicted molar refractivity (Wildman–Crippen MR) is 128 cm³/mol. The number of fused-ring (bicyclic) bond motifs is 1. The van der Waals surface area contributed by atoms with E-state index in [2.05, 4.69) is 0 Å². The quantitative estimate of drug-likeness (QED) is 0.463. The van der Waals surface area contributed by atoms with Crippen LogP contribution >= 0.6 is 11.3 Å². The van der Waals surface area contributed by atoms with Gasteiger partial charge in [-0.2, -0.15) is 0 Å². The second kappa shape index (κ2) is 10.6. The predicted octanol–water partition coefficient (Wildman–Crippen LogP) is 4.31. The molecule has 0 N–H and O–H groups in total. The first-order chi connectivity index (χ1) is 17.1. The monoisotopic (exact) mass is 498 g/mol. The Labute approximate surface area is 207 Å². The van der Waals surface area contributed by atoms with Gasteiger partial charge in [0.1, 0.15) is 24.7 Å². The van der Waals surface area contributed by atoms with E-state index in [1.807, 2.05) is 11.4 Å². The number of amides is 2. The van der Waals surface area contributed by atoms with Crippen molar-refractivity contribution in [3.05, 3.63) is 76.1 Å². The Kier molecular flexibility index (Phi) is 7.15. The fourth-order valence-corrected chi connectivity index (χ4v) is 5.57. The van der Waals surface area contributed by atoms with Crippen molar-refractivity contribution in [3.63, 3.8) is 0 Å². The molecule has 0 saturated carbocycles. The molecule has 35 heavy (non-hydrogen) atoms. The molecule has 2 amide bonds. The SMILES string of the molecule is O=C(c1ccco1)N(CC(=O)N1CCc2sccc2[C@@H]1COc1ccc(F)cc1)C[C@@H]1CCCO1. The number of furan rings is 1. The van der Waals surface area contributed by atoms with Crippen LogP contribution in [0.15, 0.2) is 58.5 Å². The number of ether oxygens (including phenoxy) is 2. The van der Waals surface area contributed by atoms with Crippen molar-refractivity contribution in [2.24, 2.45) is 0 Å². The van der Waals surface area contributed by atoms with E-state index in [1.165, 1.54) is 28.2 Å². The van der Waals surface area contributed by atoms with Crippen LogP contribution in [-0.2, 0) is 16.0 Å². The van der Waals surface area contributed by atoms with E-state index in [-0.39, 0.29) is 48.7 Å². The third-order valence-corrected chi connectivity index (χ3v) is 7.43. The highest BCUT2D eigenvalue weighted by atomic mass is 32.1. The minimum absolute atomic E-state index is 0.0775. The highest BCUT2D eigenvalue weighted by molar-refractivity contribution is 7.10. The van der Waals surface area contributed by atoms with Gasteiger partial charge in [0.15, 0.2) is 5.76 Å². The van der Waals surface area contributed by atoms with Gasteiger partial charge < -0.3 is 23.7 Å². The molecule has 0 unspecified atom stereocenters. The summed E-state index contributed by atoms with van der Waals surface area (Å²) >= 11 is 1.67. The number of benzene rings is 1. The molecule has 7 nitrogen and oxygen atoms in total. The Bertz CT molecular complexity index is 1140. The number of thiophene rings is 1. The first-order valence-electron chi connectivity index (χ1n) is 11.8. The molecule has 0 aliphatic carbocycles. The summed E-state index contributed by atoms with van der Waals surface area (Å²) in [5.41, 5.74) is 1.06. The molecule has 2 aliphatic heterocycles. The molecule has 1 saturated heterocycles. The van der Waals surface area contributed by atoms with Crippen LogP contribution in [0.1, 0.15) is 39.9 Å². The summed E-state index contributed by atoms with van der Waals surface area (Å²) in [6.07, 6.45) is 3.90. The first kappa shape index (κ1) is 23.6. The Morgan fingerprint density at radius 1 is 1.20 bits per heavy atom. The van der Waals surface area contributed by atoms with Crippen LogP contribution in [0.5, 0.6) is 5.75 Å². The first-order valence-corrected chi connectivity index (χ1v) is 12.6. The van der Waals surface area contributed by atoms with Gasteiger partial charge in [-0.05, 0) is 72.7 Å². The maximum Gasteiger partial charge on any atom is 0.290 e. The zero-order chi connectivity index (χ0) is 24.2. The maximum absolute atomic E-state index is 13.6. The average Bonchev–Trinajstić information content (AvgIpc) is 3.65. The largest absolute Gasteiger partial charge is 0.491 e. The van der Waals surface area contributed by atoms with E-state index < -0.39 is 0 Å². The molecule has 5 rings (SSSR count). The van der Waals surface area contributed by atoms with Crippen LogP contribution in [-0.4, -0.2) is 60.6 Å². The van der Waals surface area contributed by atoms with Gasteiger partial charge in [-0.25, -0.2) is 4.39 Å². The highest BCUT2D eigenvalue weighted by Crippen LogP contribution is 2.34. The number of rotatable bonds is 8. The fraction of sp³-hybridized carbons (Fsp3) is 0.385. The van der Waals surface area contributed by atoms with Crippen molar-refractivity contribution >= 4 is 23.2 Å². The van der Waals surface area contributed by atoms with Crippen molar-refractivity contribution in [1.82, 2.24) is 9.80 Å². The Balaban J connectivity index is 1.33. The van der Waals surface area contributed by atoms with Crippen molar-refractivity contribution < 1.29 is 27.9 Å². The van der Waals surface area contributed by atoms with Gasteiger partial charge in [0, 0.05) is 24.6 Å². The molecule has 2 aliphatic rings. The number of halogens is 1. The third-order valence-electron chi connectivity index (χ3n) is 6.43. The van der Waals surface area contributed by atoms with Crippen LogP contribution in [0, 0.1) is 5.82 Å². The summed E-state index contributed by atoms with van der Waals surface area (Å²) in [4.78, 5) is 31.3. The Morgan fingerprint density at radius 2 is 2.06 bits per heavy atom. The highest BCUT2D eigenvalue weighted by Gasteiger charge is 2.35. The summed E-state index contributed by atoms with van der Waals surface area (Å²) in [5.74, 6) is -0.0851. The molecule has 0 bridgehead atoms. The van der Waals surface area contributed by atoms with E-state index in [0.29, 0.717) is 25.4 Å². The molecule has 0 radical (unpaired) electrons. The van der Waals surface area contributed by atoms with Crippen molar-refractivity contribution in [2.45, 2.75) is 31.4 Å². The second-order valence-electron chi connectivity index (χ2n) is 8.71. The minimum Gasteiger partial charge on any atom is -0.491 e. The number of hydrogen-bond donors (Lipinski definition) is 0. The molecular weight excluding hydrogens is 471 g/mol. The second-order valence-corrected chi connectivity index (χ2v) is 9.72. The molecule has 184 valence electrons. The Hall–Kier alpha value is -3.17. The fourth-order valence-electron chi connectivity index (χ4n) is 4.64. The number of carbonyl (C=O) groups is 2. The maximum atomic E-state index is 13.6. The van der Waals surface area contributed by atoms with Gasteiger partial charge in [0.2, 0.25) is 5.91 Å². The van der Waals surface area contributed by atoms with Gasteiger partial charge in [-0.15, -0.1) is 11.3 Å². The van der Waals surface area contributed by atoms with Gasteiger partial charge >= 0.3 is 0 Å². The topological polar surface area (TPSA) is 72.2 Å². The van der Waals surface area contributed by atoms with Gasteiger partial charge in [0.25, 0.3) is 5.91 Å². The van der Waals surface area contributed by atoms with Crippen LogP contribution in [0.3, 0.4) is 0 Å². The van der Waals surface area contributed by atoms with E-state index in [4.69, 9.17) is 13.9 Å². The van der Waals surface area contributed by atoms with Gasteiger partial charge in [-0.1, -0.05) is 0 Å². The molecule has 1 aromatic carbocycles. The standard InChI is InChI=1S/C26H27FN2O5S/c27-18-5-7-19(8-6-18)34-17-22-21-10-14-35-24(21)9-11-29(22)25(30)16-28(15-20-3-1-12-32-20)26(31)23-4-2-13-33-23/h2,4-8,10,13-14,20,22H,1,3,9,11-12,15-17H2/t20-,22-/m0/s1. The van der Waals surface area contributed by atoms with Gasteiger partial charge in [0.05, 0.1) is 18.4 Å². The lowest BCUT2D eigenvalue weighted by Crippen LogP contribution is -2.49. The number of carbonyl (C=O) groups excluding carboxylic acids is 2.